The highest BCUT2D eigenvalue weighted by molar-refractivity contribution is 8.10. The number of pyridine rings is 3. The van der Waals surface area contributed by atoms with Crippen molar-refractivity contribution in [3.05, 3.63) is 60.7 Å². The van der Waals surface area contributed by atoms with E-state index in [0.29, 0.717) is 23.9 Å². The minimum absolute atomic E-state index is 0.339. The van der Waals surface area contributed by atoms with Crippen LogP contribution in [0.5, 0.6) is 11.5 Å². The molecule has 1 spiro atoms. The lowest BCUT2D eigenvalue weighted by molar-refractivity contribution is -0.192. The van der Waals surface area contributed by atoms with Gasteiger partial charge in [-0.1, -0.05) is 24.2 Å². The largest absolute Gasteiger partial charge is 0.452 e. The van der Waals surface area contributed by atoms with Gasteiger partial charge in [0.05, 0.1) is 17.8 Å². The minimum atomic E-state index is -0.948. The van der Waals surface area contributed by atoms with Crippen LogP contribution in [0.2, 0.25) is 0 Å². The van der Waals surface area contributed by atoms with E-state index in [0.717, 1.165) is 41.3 Å². The van der Waals surface area contributed by atoms with Gasteiger partial charge in [-0.2, -0.15) is 0 Å². The Bertz CT molecular complexity index is 1270. The first-order chi connectivity index (χ1) is 18.1. The monoisotopic (exact) mass is 536 g/mol. The van der Waals surface area contributed by atoms with Crippen LogP contribution in [0.1, 0.15) is 37.8 Å². The first kappa shape index (κ1) is 24.6. The van der Waals surface area contributed by atoms with Gasteiger partial charge < -0.3 is 19.5 Å². The summed E-state index contributed by atoms with van der Waals surface area (Å²) in [6, 6.07) is 11.5. The molecule has 2 atom stereocenters. The van der Waals surface area contributed by atoms with Crippen LogP contribution in [0.25, 0.3) is 0 Å². The third-order valence-corrected chi connectivity index (χ3v) is 8.18. The van der Waals surface area contributed by atoms with Gasteiger partial charge in [0, 0.05) is 42.4 Å². The molecule has 1 unspecified atom stereocenters. The molecule has 5 heterocycles. The molecule has 3 aliphatic rings. The lowest BCUT2D eigenvalue weighted by Gasteiger charge is -2.36. The van der Waals surface area contributed by atoms with Gasteiger partial charge in [0.25, 0.3) is 0 Å². The molecule has 2 aliphatic heterocycles. The van der Waals surface area contributed by atoms with Crippen molar-refractivity contribution < 1.29 is 14.2 Å². The van der Waals surface area contributed by atoms with E-state index in [1.165, 1.54) is 30.1 Å². The molecule has 0 radical (unpaired) electrons. The molecule has 192 valence electrons. The Morgan fingerprint density at radius 1 is 1.08 bits per heavy atom. The third-order valence-electron chi connectivity index (χ3n) is 6.63. The van der Waals surface area contributed by atoms with Crippen molar-refractivity contribution in [3.63, 3.8) is 0 Å². The Labute approximate surface area is 224 Å². The van der Waals surface area contributed by atoms with Crippen LogP contribution in [0.4, 0.5) is 5.82 Å². The number of nitrogens with one attached hydrogen (secondary N) is 2. The van der Waals surface area contributed by atoms with Crippen LogP contribution in [-0.4, -0.2) is 44.8 Å². The number of aryl methyl sites for hydroxylation is 1. The van der Waals surface area contributed by atoms with E-state index in [-0.39, 0.29) is 6.10 Å². The number of anilines is 1. The first-order valence-corrected chi connectivity index (χ1v) is 14.1. The van der Waals surface area contributed by atoms with Crippen LogP contribution in [0, 0.1) is 6.92 Å². The molecule has 11 heteroatoms. The molecular formula is C26H28N6O3S2. The van der Waals surface area contributed by atoms with Crippen molar-refractivity contribution in [2.24, 2.45) is 4.99 Å². The Morgan fingerprint density at radius 2 is 1.97 bits per heavy atom. The maximum atomic E-state index is 6.56. The molecule has 0 bridgehead atoms. The topological polar surface area (TPSA) is 103 Å². The van der Waals surface area contributed by atoms with E-state index in [9.17, 15) is 0 Å². The molecule has 9 nitrogen and oxygen atoms in total. The highest BCUT2D eigenvalue weighted by atomic mass is 32.2. The second-order valence-electron chi connectivity index (χ2n) is 9.21. The molecule has 6 rings (SSSR count). The van der Waals surface area contributed by atoms with Crippen LogP contribution in [0.3, 0.4) is 0 Å². The Hall–Kier alpha value is -2.70. The summed E-state index contributed by atoms with van der Waals surface area (Å²) < 4.78 is 22.6. The molecule has 3 aromatic rings. The van der Waals surface area contributed by atoms with Gasteiger partial charge in [0.1, 0.15) is 16.9 Å². The Kier molecular flexibility index (Phi) is 7.04. The molecule has 3 aromatic heterocycles. The average Bonchev–Trinajstić information content (AvgIpc) is 3.56. The number of hydrogen-bond donors (Lipinski definition) is 2. The summed E-state index contributed by atoms with van der Waals surface area (Å²) >= 11 is 2.92. The van der Waals surface area contributed by atoms with E-state index in [1.54, 1.807) is 24.1 Å². The Balaban J connectivity index is 1.31. The lowest BCUT2D eigenvalue weighted by atomic mass is 9.94. The summed E-state index contributed by atoms with van der Waals surface area (Å²) in [6.45, 7) is 2.35. The number of hydrogen-bond acceptors (Lipinski definition) is 11. The van der Waals surface area contributed by atoms with Crippen LogP contribution in [-0.2, 0) is 9.47 Å². The molecule has 1 saturated carbocycles. The summed E-state index contributed by atoms with van der Waals surface area (Å²) in [6.07, 6.45) is 10.2. The second-order valence-corrected chi connectivity index (χ2v) is 11.0. The van der Waals surface area contributed by atoms with E-state index in [4.69, 9.17) is 24.2 Å². The molecule has 0 aromatic carbocycles. The van der Waals surface area contributed by atoms with Gasteiger partial charge in [-0.3, -0.25) is 4.98 Å². The van der Waals surface area contributed by atoms with E-state index in [2.05, 4.69) is 20.0 Å². The summed E-state index contributed by atoms with van der Waals surface area (Å²) in [5.41, 5.74) is 2.56. The van der Waals surface area contributed by atoms with Crippen LogP contribution in [0.15, 0.2) is 69.9 Å². The SMILES string of the molecule is Cc1ncccc1Oc1cc(Sc2ccccn2)cnc1N[C@@]1(C2COC3(CCCCC3)O2)N=CSN1. The number of aromatic nitrogens is 3. The van der Waals surface area contributed by atoms with E-state index in [1.807, 2.05) is 43.3 Å². The van der Waals surface area contributed by atoms with Gasteiger partial charge in [-0.25, -0.2) is 19.7 Å². The van der Waals surface area contributed by atoms with Crippen molar-refractivity contribution in [2.75, 3.05) is 11.9 Å². The highest BCUT2D eigenvalue weighted by Crippen LogP contribution is 2.43. The van der Waals surface area contributed by atoms with Gasteiger partial charge in [-0.15, -0.1) is 0 Å². The summed E-state index contributed by atoms with van der Waals surface area (Å²) in [5, 5.41) is 4.37. The van der Waals surface area contributed by atoms with E-state index >= 15 is 0 Å². The third kappa shape index (κ3) is 5.32. The maximum absolute atomic E-state index is 6.56. The zero-order valence-corrected chi connectivity index (χ0v) is 22.1. The number of rotatable bonds is 7. The van der Waals surface area contributed by atoms with Crippen molar-refractivity contribution in [3.8, 4) is 11.5 Å². The van der Waals surface area contributed by atoms with Crippen molar-refractivity contribution in [2.45, 2.75) is 66.6 Å². The molecule has 0 amide bonds. The lowest BCUT2D eigenvalue weighted by Crippen LogP contribution is -2.56. The molecule has 2 fully saturated rings. The van der Waals surface area contributed by atoms with Gasteiger partial charge in [0.2, 0.25) is 5.79 Å². The van der Waals surface area contributed by atoms with Gasteiger partial charge in [-0.05, 0) is 56.0 Å². The van der Waals surface area contributed by atoms with Gasteiger partial charge in [0.15, 0.2) is 17.4 Å². The smallest absolute Gasteiger partial charge is 0.225 e. The minimum Gasteiger partial charge on any atom is -0.452 e. The molecule has 1 aliphatic carbocycles. The van der Waals surface area contributed by atoms with Crippen molar-refractivity contribution in [1.82, 2.24) is 19.7 Å². The summed E-state index contributed by atoms with van der Waals surface area (Å²) in [4.78, 5) is 19.2. The van der Waals surface area contributed by atoms with Gasteiger partial charge >= 0.3 is 0 Å². The number of ether oxygens (including phenoxy) is 3. The van der Waals surface area contributed by atoms with Crippen LogP contribution >= 0.6 is 23.7 Å². The zero-order valence-electron chi connectivity index (χ0n) is 20.4. The first-order valence-electron chi connectivity index (χ1n) is 12.4. The second kappa shape index (κ2) is 10.6. The predicted octanol–water partition coefficient (Wildman–Crippen LogP) is 5.54. The molecule has 37 heavy (non-hydrogen) atoms. The van der Waals surface area contributed by atoms with Crippen molar-refractivity contribution >= 4 is 35.1 Å². The standard InChI is InChI=1S/C26H28N6O3S2/c1-18-20(8-7-13-27-18)34-21-14-19(37-23-9-3-6-12-28-23)15-29-24(21)31-26(30-17-36-32-26)22-16-33-25(35-22)10-4-2-5-11-25/h3,6-9,12-15,17,22,32H,2,4-5,10-11,16H2,1H3,(H,29,31)/t22?,26-/m1/s1. The average molecular weight is 537 g/mol. The zero-order chi connectivity index (χ0) is 25.1. The number of nitrogens with zero attached hydrogens (tertiary/aromatic N) is 4. The fourth-order valence-electron chi connectivity index (χ4n) is 4.71. The fourth-order valence-corrected chi connectivity index (χ4v) is 6.17. The highest BCUT2D eigenvalue weighted by Gasteiger charge is 2.53. The van der Waals surface area contributed by atoms with Crippen LogP contribution < -0.4 is 14.8 Å². The van der Waals surface area contributed by atoms with E-state index < -0.39 is 11.6 Å². The predicted molar refractivity (Wildman–Crippen MR) is 144 cm³/mol. The Morgan fingerprint density at radius 3 is 2.76 bits per heavy atom. The summed E-state index contributed by atoms with van der Waals surface area (Å²) in [7, 11) is 0. The molecular weight excluding hydrogens is 508 g/mol. The normalized spacial score (nSPS) is 24.4. The number of aliphatic imine (C=N–C) groups is 1. The maximum Gasteiger partial charge on any atom is 0.225 e. The molecule has 2 N–H and O–H groups in total. The fraction of sp³-hybridized carbons (Fsp3) is 0.385. The quantitative estimate of drug-likeness (QED) is 0.374. The van der Waals surface area contributed by atoms with Crippen molar-refractivity contribution in [1.29, 1.82) is 0 Å². The summed E-state index contributed by atoms with van der Waals surface area (Å²) in [5.74, 6) is 0.270. The molecule has 1 saturated heterocycles.